The number of rotatable bonds is 2. The molecular formula is C5H8N2O2S. The minimum Gasteiger partial charge on any atom is -0.462 e. The summed E-state index contributed by atoms with van der Waals surface area (Å²) in [5.41, 5.74) is 2.66. The molecule has 10 heavy (non-hydrogen) atoms. The fourth-order valence-electron chi connectivity index (χ4n) is 0.512. The van der Waals surface area contributed by atoms with Gasteiger partial charge in [0.15, 0.2) is 0 Å². The first-order valence-electron chi connectivity index (χ1n) is 2.89. The first kappa shape index (κ1) is 7.43. The van der Waals surface area contributed by atoms with Crippen LogP contribution in [0.5, 0.6) is 0 Å². The topological polar surface area (TPSA) is 50.4 Å². The molecule has 0 aromatic carbocycles. The van der Waals surface area contributed by atoms with Gasteiger partial charge in [0, 0.05) is 6.20 Å². The van der Waals surface area contributed by atoms with Gasteiger partial charge in [0.2, 0.25) is 0 Å². The summed E-state index contributed by atoms with van der Waals surface area (Å²) < 4.78 is 4.72. The summed E-state index contributed by atoms with van der Waals surface area (Å²) in [4.78, 5) is 14.1. The molecule has 0 atom stereocenters. The number of carbonyl (C=O) groups is 1. The Morgan fingerprint density at radius 1 is 1.90 bits per heavy atom. The minimum atomic E-state index is -0.287. The fourth-order valence-corrected chi connectivity index (χ4v) is 1.000. The molecule has 1 aliphatic rings. The second-order valence-electron chi connectivity index (χ2n) is 1.58. The Morgan fingerprint density at radius 2 is 2.70 bits per heavy atom. The third kappa shape index (κ3) is 1.65. The van der Waals surface area contributed by atoms with E-state index in [1.807, 2.05) is 0 Å². The summed E-state index contributed by atoms with van der Waals surface area (Å²) in [6.07, 6.45) is 1.57. The quantitative estimate of drug-likeness (QED) is 0.444. The lowest BCUT2D eigenvalue weighted by Gasteiger charge is -1.97. The first-order valence-corrected chi connectivity index (χ1v) is 3.71. The van der Waals surface area contributed by atoms with E-state index in [1.54, 1.807) is 13.1 Å². The maximum atomic E-state index is 10.9. The smallest absolute Gasteiger partial charge is 0.347 e. The normalized spacial score (nSPS) is 15.9. The van der Waals surface area contributed by atoms with E-state index in [1.165, 1.54) is 11.9 Å². The van der Waals surface area contributed by atoms with E-state index < -0.39 is 0 Å². The van der Waals surface area contributed by atoms with Crippen molar-refractivity contribution in [2.75, 3.05) is 6.61 Å². The van der Waals surface area contributed by atoms with Crippen LogP contribution in [0, 0.1) is 0 Å². The van der Waals surface area contributed by atoms with Gasteiger partial charge < -0.3 is 10.2 Å². The van der Waals surface area contributed by atoms with Crippen molar-refractivity contribution in [3.05, 3.63) is 11.1 Å². The predicted octanol–water partition coefficient (Wildman–Crippen LogP) is 0.147. The highest BCUT2D eigenvalue weighted by Gasteiger charge is 2.14. The van der Waals surface area contributed by atoms with Crippen molar-refractivity contribution in [1.82, 2.24) is 10.3 Å². The Kier molecular flexibility index (Phi) is 2.58. The maximum absolute atomic E-state index is 10.9. The zero-order chi connectivity index (χ0) is 7.40. The van der Waals surface area contributed by atoms with Crippen LogP contribution in [0.4, 0.5) is 0 Å². The van der Waals surface area contributed by atoms with Gasteiger partial charge in [-0.2, -0.15) is 4.83 Å². The van der Waals surface area contributed by atoms with E-state index in [0.717, 1.165) is 0 Å². The van der Waals surface area contributed by atoms with Crippen molar-refractivity contribution in [2.24, 2.45) is 0 Å². The third-order valence-electron chi connectivity index (χ3n) is 0.900. The Labute approximate surface area is 63.1 Å². The SMILES string of the molecule is CCOC(=O)C1=CNNS1. The summed E-state index contributed by atoms with van der Waals surface area (Å²) in [5.74, 6) is -0.287. The molecule has 0 spiro atoms. The van der Waals surface area contributed by atoms with Gasteiger partial charge in [0.25, 0.3) is 0 Å². The van der Waals surface area contributed by atoms with Gasteiger partial charge in [-0.1, -0.05) is 0 Å². The van der Waals surface area contributed by atoms with Gasteiger partial charge in [-0.3, -0.25) is 0 Å². The lowest BCUT2D eigenvalue weighted by atomic mass is 10.6. The fraction of sp³-hybridized carbons (Fsp3) is 0.400. The summed E-state index contributed by atoms with van der Waals surface area (Å²) in [7, 11) is 0. The highest BCUT2D eigenvalue weighted by Crippen LogP contribution is 2.14. The van der Waals surface area contributed by atoms with Gasteiger partial charge in [0.05, 0.1) is 6.61 Å². The van der Waals surface area contributed by atoms with Gasteiger partial charge in [0.1, 0.15) is 4.91 Å². The largest absolute Gasteiger partial charge is 0.462 e. The van der Waals surface area contributed by atoms with Crippen LogP contribution in [0.15, 0.2) is 11.1 Å². The number of esters is 1. The molecule has 0 radical (unpaired) electrons. The molecule has 56 valence electrons. The van der Waals surface area contributed by atoms with Gasteiger partial charge >= 0.3 is 5.97 Å². The number of carbonyl (C=O) groups excluding carboxylic acids is 1. The molecule has 0 saturated carbocycles. The number of ether oxygens (including phenoxy) is 1. The van der Waals surface area contributed by atoms with Crippen LogP contribution in [0.25, 0.3) is 0 Å². The first-order chi connectivity index (χ1) is 4.84. The van der Waals surface area contributed by atoms with E-state index in [9.17, 15) is 4.79 Å². The van der Waals surface area contributed by atoms with Crippen molar-refractivity contribution < 1.29 is 9.53 Å². The molecule has 0 amide bonds. The highest BCUT2D eigenvalue weighted by molar-refractivity contribution is 8.02. The van der Waals surface area contributed by atoms with Crippen molar-refractivity contribution in [2.45, 2.75) is 6.92 Å². The van der Waals surface area contributed by atoms with Crippen LogP contribution in [0.2, 0.25) is 0 Å². The molecule has 4 nitrogen and oxygen atoms in total. The second-order valence-corrected chi connectivity index (χ2v) is 2.43. The summed E-state index contributed by atoms with van der Waals surface area (Å²) in [5, 5.41) is 0. The standard InChI is InChI=1S/C5H8N2O2S/c1-2-9-5(8)4-3-6-7-10-4/h3,6-7H,2H2,1H3. The number of nitrogens with one attached hydrogen (secondary N) is 2. The van der Waals surface area contributed by atoms with Crippen molar-refractivity contribution >= 4 is 17.9 Å². The molecule has 1 aliphatic heterocycles. The maximum Gasteiger partial charge on any atom is 0.347 e. The average molecular weight is 160 g/mol. The van der Waals surface area contributed by atoms with E-state index >= 15 is 0 Å². The summed E-state index contributed by atoms with van der Waals surface area (Å²) in [6, 6.07) is 0. The average Bonchev–Trinajstić information content (AvgIpc) is 2.38. The lowest BCUT2D eigenvalue weighted by molar-refractivity contribution is -0.137. The molecule has 0 saturated heterocycles. The number of hydrogen-bond donors (Lipinski definition) is 2. The van der Waals surface area contributed by atoms with Crippen LogP contribution >= 0.6 is 11.9 Å². The molecule has 0 unspecified atom stereocenters. The molecule has 1 rings (SSSR count). The zero-order valence-corrected chi connectivity index (χ0v) is 6.33. The second kappa shape index (κ2) is 3.48. The van der Waals surface area contributed by atoms with Crippen LogP contribution in [-0.2, 0) is 9.53 Å². The lowest BCUT2D eigenvalue weighted by Crippen LogP contribution is -2.11. The Bertz CT molecular complexity index is 169. The van der Waals surface area contributed by atoms with Crippen molar-refractivity contribution in [3.63, 3.8) is 0 Å². The van der Waals surface area contributed by atoms with Crippen LogP contribution < -0.4 is 10.3 Å². The van der Waals surface area contributed by atoms with Gasteiger partial charge in [-0.15, -0.1) is 0 Å². The number of hydrogen-bond acceptors (Lipinski definition) is 5. The molecule has 0 aromatic heterocycles. The third-order valence-corrected chi connectivity index (χ3v) is 1.62. The number of hydrazine groups is 1. The molecule has 2 N–H and O–H groups in total. The molecule has 0 aromatic rings. The Hall–Kier alpha value is -0.680. The van der Waals surface area contributed by atoms with E-state index in [2.05, 4.69) is 10.3 Å². The molecule has 0 fully saturated rings. The molecule has 0 bridgehead atoms. The molecular weight excluding hydrogens is 152 g/mol. The van der Waals surface area contributed by atoms with Crippen molar-refractivity contribution in [3.8, 4) is 0 Å². The summed E-state index contributed by atoms with van der Waals surface area (Å²) >= 11 is 1.22. The van der Waals surface area contributed by atoms with Crippen molar-refractivity contribution in [1.29, 1.82) is 0 Å². The molecule has 0 aliphatic carbocycles. The predicted molar refractivity (Wildman–Crippen MR) is 38.6 cm³/mol. The zero-order valence-electron chi connectivity index (χ0n) is 5.51. The van der Waals surface area contributed by atoms with E-state index in [0.29, 0.717) is 11.5 Å². The molecule has 5 heteroatoms. The molecule has 1 heterocycles. The van der Waals surface area contributed by atoms with Crippen LogP contribution in [-0.4, -0.2) is 12.6 Å². The monoisotopic (exact) mass is 160 g/mol. The van der Waals surface area contributed by atoms with Gasteiger partial charge in [-0.25, -0.2) is 4.79 Å². The summed E-state index contributed by atoms with van der Waals surface area (Å²) in [6.45, 7) is 2.19. The Balaban J connectivity index is 2.40. The highest BCUT2D eigenvalue weighted by atomic mass is 32.2. The van der Waals surface area contributed by atoms with Gasteiger partial charge in [-0.05, 0) is 18.9 Å². The van der Waals surface area contributed by atoms with Crippen LogP contribution in [0.1, 0.15) is 6.92 Å². The van der Waals surface area contributed by atoms with E-state index in [-0.39, 0.29) is 5.97 Å². The minimum absolute atomic E-state index is 0.287. The Morgan fingerprint density at radius 3 is 3.20 bits per heavy atom. The van der Waals surface area contributed by atoms with Crippen LogP contribution in [0.3, 0.4) is 0 Å². The van der Waals surface area contributed by atoms with E-state index in [4.69, 9.17) is 4.74 Å².